The van der Waals surface area contributed by atoms with E-state index in [0.717, 1.165) is 6.29 Å². The summed E-state index contributed by atoms with van der Waals surface area (Å²) in [6.07, 6.45) is 0.971. The zero-order valence-electron chi connectivity index (χ0n) is 6.98. The molecule has 4 nitrogen and oxygen atoms in total. The average molecular weight is 177 g/mol. The number of benzene rings is 1. The predicted molar refractivity (Wildman–Crippen MR) is 45.9 cm³/mol. The minimum atomic E-state index is 0.207. The summed E-state index contributed by atoms with van der Waals surface area (Å²) in [5.74, 6) is 0. The molecule has 1 heterocycles. The van der Waals surface area contributed by atoms with Crippen LogP contribution in [-0.2, 0) is 0 Å². The van der Waals surface area contributed by atoms with Gasteiger partial charge in [0, 0.05) is 5.56 Å². The van der Waals surface area contributed by atoms with Crippen LogP contribution in [0.2, 0.25) is 0 Å². The average Bonchev–Trinajstić information content (AvgIpc) is 2.58. The van der Waals surface area contributed by atoms with E-state index in [9.17, 15) is 4.79 Å². The summed E-state index contributed by atoms with van der Waals surface area (Å²) < 4.78 is 9.97. The number of carbonyl (C=O) groups is 1. The van der Waals surface area contributed by atoms with E-state index in [0.29, 0.717) is 16.7 Å². The summed E-state index contributed by atoms with van der Waals surface area (Å²) in [7, 11) is 1.48. The fraction of sp³-hybridized carbons (Fsp3) is 0.111. The summed E-state index contributed by atoms with van der Waals surface area (Å²) in [5.41, 5.74) is 1.81. The van der Waals surface area contributed by atoms with Crippen LogP contribution in [0.15, 0.2) is 22.6 Å². The van der Waals surface area contributed by atoms with E-state index in [-0.39, 0.29) is 6.08 Å². The van der Waals surface area contributed by atoms with E-state index < -0.39 is 0 Å². The SMILES string of the molecule is COc1nc2cc(C=O)ccc2o1. The molecular weight excluding hydrogens is 170 g/mol. The van der Waals surface area contributed by atoms with Gasteiger partial charge in [0.2, 0.25) is 0 Å². The second-order valence-corrected chi connectivity index (χ2v) is 2.53. The maximum Gasteiger partial charge on any atom is 0.394 e. The lowest BCUT2D eigenvalue weighted by molar-refractivity contribution is 0.112. The molecule has 0 saturated carbocycles. The molecule has 0 aliphatic heterocycles. The van der Waals surface area contributed by atoms with Crippen molar-refractivity contribution in [3.8, 4) is 6.08 Å². The van der Waals surface area contributed by atoms with Gasteiger partial charge in [-0.25, -0.2) is 0 Å². The smallest absolute Gasteiger partial charge is 0.394 e. The molecular formula is C9H7NO3. The summed E-state index contributed by atoms with van der Waals surface area (Å²) in [6, 6.07) is 5.00. The minimum Gasteiger partial charge on any atom is -0.453 e. The standard InChI is InChI=1S/C9H7NO3/c1-12-9-10-7-4-6(5-11)2-3-8(7)13-9/h2-5H,1H3. The van der Waals surface area contributed by atoms with Gasteiger partial charge in [0.05, 0.1) is 7.11 Å². The Bertz CT molecular complexity index is 447. The number of methoxy groups -OCH3 is 1. The van der Waals surface area contributed by atoms with Crippen molar-refractivity contribution in [1.29, 1.82) is 0 Å². The monoisotopic (exact) mass is 177 g/mol. The highest BCUT2D eigenvalue weighted by atomic mass is 16.6. The molecule has 0 atom stereocenters. The van der Waals surface area contributed by atoms with Crippen molar-refractivity contribution in [1.82, 2.24) is 4.98 Å². The van der Waals surface area contributed by atoms with Gasteiger partial charge < -0.3 is 9.15 Å². The van der Waals surface area contributed by atoms with Gasteiger partial charge >= 0.3 is 6.08 Å². The van der Waals surface area contributed by atoms with Gasteiger partial charge in [-0.3, -0.25) is 4.79 Å². The lowest BCUT2D eigenvalue weighted by Crippen LogP contribution is -1.80. The van der Waals surface area contributed by atoms with Crippen LogP contribution in [-0.4, -0.2) is 18.4 Å². The van der Waals surface area contributed by atoms with E-state index in [1.54, 1.807) is 18.2 Å². The quantitative estimate of drug-likeness (QED) is 0.654. The number of rotatable bonds is 2. The van der Waals surface area contributed by atoms with Crippen LogP contribution < -0.4 is 4.74 Å². The molecule has 0 N–H and O–H groups in total. The Balaban J connectivity index is 2.63. The van der Waals surface area contributed by atoms with Crippen molar-refractivity contribution in [2.75, 3.05) is 7.11 Å². The van der Waals surface area contributed by atoms with Gasteiger partial charge in [0.15, 0.2) is 5.58 Å². The van der Waals surface area contributed by atoms with Crippen molar-refractivity contribution in [3.63, 3.8) is 0 Å². The van der Waals surface area contributed by atoms with Crippen molar-refractivity contribution in [2.45, 2.75) is 0 Å². The third-order valence-electron chi connectivity index (χ3n) is 1.70. The molecule has 1 aromatic heterocycles. The second kappa shape index (κ2) is 2.90. The van der Waals surface area contributed by atoms with Gasteiger partial charge in [0.25, 0.3) is 0 Å². The first-order valence-corrected chi connectivity index (χ1v) is 3.73. The van der Waals surface area contributed by atoms with E-state index in [4.69, 9.17) is 9.15 Å². The summed E-state index contributed by atoms with van der Waals surface area (Å²) in [5, 5.41) is 0. The molecule has 0 fully saturated rings. The van der Waals surface area contributed by atoms with Gasteiger partial charge in [-0.05, 0) is 18.2 Å². The molecule has 66 valence electrons. The highest BCUT2D eigenvalue weighted by Gasteiger charge is 2.05. The third kappa shape index (κ3) is 1.26. The largest absolute Gasteiger partial charge is 0.453 e. The maximum atomic E-state index is 10.4. The molecule has 0 saturated heterocycles. The molecule has 0 aliphatic carbocycles. The molecule has 4 heteroatoms. The lowest BCUT2D eigenvalue weighted by atomic mass is 10.2. The van der Waals surface area contributed by atoms with E-state index in [2.05, 4.69) is 4.98 Å². The van der Waals surface area contributed by atoms with E-state index in [1.807, 2.05) is 0 Å². The van der Waals surface area contributed by atoms with E-state index >= 15 is 0 Å². The first-order valence-electron chi connectivity index (χ1n) is 3.73. The van der Waals surface area contributed by atoms with Crippen LogP contribution in [0.5, 0.6) is 6.08 Å². The maximum absolute atomic E-state index is 10.4. The normalized spacial score (nSPS) is 10.2. The van der Waals surface area contributed by atoms with Gasteiger partial charge in [-0.15, -0.1) is 0 Å². The van der Waals surface area contributed by atoms with Gasteiger partial charge in [-0.2, -0.15) is 4.98 Å². The fourth-order valence-electron chi connectivity index (χ4n) is 1.08. The molecule has 0 radical (unpaired) electrons. The lowest BCUT2D eigenvalue weighted by Gasteiger charge is -1.86. The molecule has 0 aliphatic rings. The number of aldehydes is 1. The summed E-state index contributed by atoms with van der Waals surface area (Å²) in [6.45, 7) is 0. The number of ether oxygens (including phenoxy) is 1. The van der Waals surface area contributed by atoms with Crippen molar-refractivity contribution < 1.29 is 13.9 Å². The number of carbonyl (C=O) groups excluding carboxylic acids is 1. The van der Waals surface area contributed by atoms with E-state index in [1.165, 1.54) is 7.11 Å². The van der Waals surface area contributed by atoms with Crippen LogP contribution in [0, 0.1) is 0 Å². The van der Waals surface area contributed by atoms with Crippen molar-refractivity contribution in [2.24, 2.45) is 0 Å². The molecule has 13 heavy (non-hydrogen) atoms. The Labute approximate surface area is 74.1 Å². The van der Waals surface area contributed by atoms with Crippen molar-refractivity contribution in [3.05, 3.63) is 23.8 Å². The molecule has 2 rings (SSSR count). The van der Waals surface area contributed by atoms with Crippen LogP contribution in [0.25, 0.3) is 11.1 Å². The molecule has 2 aromatic rings. The molecule has 0 amide bonds. The van der Waals surface area contributed by atoms with Crippen molar-refractivity contribution >= 4 is 17.4 Å². The number of nitrogens with zero attached hydrogens (tertiary/aromatic N) is 1. The molecule has 0 bridgehead atoms. The van der Waals surface area contributed by atoms with Crippen LogP contribution in [0.1, 0.15) is 10.4 Å². The Morgan fingerprint density at radius 1 is 1.54 bits per heavy atom. The number of hydrogen-bond acceptors (Lipinski definition) is 4. The molecule has 0 unspecified atom stereocenters. The van der Waals surface area contributed by atoms with Crippen LogP contribution in [0.3, 0.4) is 0 Å². The highest BCUT2D eigenvalue weighted by Crippen LogP contribution is 2.20. The number of fused-ring (bicyclic) bond motifs is 1. The Morgan fingerprint density at radius 2 is 2.38 bits per heavy atom. The number of oxazole rings is 1. The molecule has 1 aromatic carbocycles. The Kier molecular flexibility index (Phi) is 1.73. The fourth-order valence-corrected chi connectivity index (χ4v) is 1.08. The van der Waals surface area contributed by atoms with Gasteiger partial charge in [0.1, 0.15) is 11.8 Å². The predicted octanol–water partition coefficient (Wildman–Crippen LogP) is 1.65. The summed E-state index contributed by atoms with van der Waals surface area (Å²) in [4.78, 5) is 14.4. The Hall–Kier alpha value is -1.84. The van der Waals surface area contributed by atoms with Crippen LogP contribution >= 0.6 is 0 Å². The third-order valence-corrected chi connectivity index (χ3v) is 1.70. The zero-order valence-corrected chi connectivity index (χ0v) is 6.98. The topological polar surface area (TPSA) is 52.3 Å². The Morgan fingerprint density at radius 3 is 3.08 bits per heavy atom. The first-order chi connectivity index (χ1) is 6.33. The molecule has 0 spiro atoms. The highest BCUT2D eigenvalue weighted by molar-refractivity contribution is 5.83. The van der Waals surface area contributed by atoms with Gasteiger partial charge in [-0.1, -0.05) is 0 Å². The zero-order chi connectivity index (χ0) is 9.26. The first kappa shape index (κ1) is 7.79. The minimum absolute atomic E-state index is 0.207. The summed E-state index contributed by atoms with van der Waals surface area (Å²) >= 11 is 0. The van der Waals surface area contributed by atoms with Crippen LogP contribution in [0.4, 0.5) is 0 Å². The second-order valence-electron chi connectivity index (χ2n) is 2.53. The number of hydrogen-bond donors (Lipinski definition) is 0. The number of aromatic nitrogens is 1.